The lowest BCUT2D eigenvalue weighted by Crippen LogP contribution is -2.42. The number of carbonyl (C=O) groups excluding carboxylic acids is 1. The Bertz CT molecular complexity index is 892. The molecule has 27 heavy (non-hydrogen) atoms. The zero-order chi connectivity index (χ0) is 19.4. The van der Waals surface area contributed by atoms with E-state index in [1.54, 1.807) is 19.1 Å². The summed E-state index contributed by atoms with van der Waals surface area (Å²) in [5, 5.41) is 4.18. The third-order valence-electron chi connectivity index (χ3n) is 4.21. The Labute approximate surface area is 162 Å². The summed E-state index contributed by atoms with van der Waals surface area (Å²) < 4.78 is 33.7. The molecule has 0 radical (unpaired) electrons. The molecule has 1 aliphatic heterocycles. The van der Waals surface area contributed by atoms with Gasteiger partial charge in [0, 0.05) is 31.8 Å². The van der Waals surface area contributed by atoms with E-state index < -0.39 is 10.0 Å². The number of aromatic nitrogens is 4. The van der Waals surface area contributed by atoms with Crippen molar-refractivity contribution in [3.63, 3.8) is 0 Å². The average molecular weight is 414 g/mol. The van der Waals surface area contributed by atoms with Crippen molar-refractivity contribution in [3.8, 4) is 5.88 Å². The first kappa shape index (κ1) is 19.7. The highest BCUT2D eigenvalue weighted by molar-refractivity contribution is 7.88. The van der Waals surface area contributed by atoms with Crippen molar-refractivity contribution < 1.29 is 17.9 Å². The van der Waals surface area contributed by atoms with E-state index in [1.807, 2.05) is 0 Å². The minimum absolute atomic E-state index is 0.0169. The van der Waals surface area contributed by atoms with Crippen LogP contribution in [0.1, 0.15) is 26.2 Å². The summed E-state index contributed by atoms with van der Waals surface area (Å²) in [5.74, 6) is 0.416. The molecular weight excluding hydrogens is 394 g/mol. The fourth-order valence-corrected chi connectivity index (χ4v) is 4.10. The Kier molecular flexibility index (Phi) is 6.08. The summed E-state index contributed by atoms with van der Waals surface area (Å²) in [6, 6.07) is 3.37. The second kappa shape index (κ2) is 8.32. The maximum absolute atomic E-state index is 12.7. The first-order valence-corrected chi connectivity index (χ1v) is 10.4. The van der Waals surface area contributed by atoms with E-state index >= 15 is 0 Å². The van der Waals surface area contributed by atoms with E-state index in [1.165, 1.54) is 21.5 Å². The minimum atomic E-state index is -3.80. The number of nitrogens with zero attached hydrogens (tertiary/aromatic N) is 5. The molecule has 11 heteroatoms. The first-order chi connectivity index (χ1) is 12.9. The Morgan fingerprint density at radius 1 is 1.30 bits per heavy atom. The molecule has 1 aliphatic rings. The number of hydrogen-bond acceptors (Lipinski definition) is 7. The molecule has 1 fully saturated rings. The van der Waals surface area contributed by atoms with Crippen LogP contribution in [0, 0.1) is 0 Å². The normalized spacial score (nSPS) is 16.4. The molecule has 0 aliphatic carbocycles. The molecule has 0 unspecified atom stereocenters. The van der Waals surface area contributed by atoms with Gasteiger partial charge in [0.1, 0.15) is 19.0 Å². The van der Waals surface area contributed by atoms with Crippen LogP contribution in [0.2, 0.25) is 5.02 Å². The second-order valence-electron chi connectivity index (χ2n) is 6.15. The van der Waals surface area contributed by atoms with Gasteiger partial charge in [0.2, 0.25) is 5.88 Å². The summed E-state index contributed by atoms with van der Waals surface area (Å²) in [6.07, 6.45) is 4.05. The Morgan fingerprint density at radius 3 is 2.67 bits per heavy atom. The zero-order valence-corrected chi connectivity index (χ0v) is 16.4. The maximum Gasteiger partial charge on any atom is 0.282 e. The van der Waals surface area contributed by atoms with Gasteiger partial charge in [-0.3, -0.25) is 4.79 Å². The van der Waals surface area contributed by atoms with Gasteiger partial charge >= 0.3 is 0 Å². The number of Topliss-reactive ketones (excluding diaryl/α,β-unsaturated/α-hetero) is 1. The molecular formula is C16H20ClN5O4S. The van der Waals surface area contributed by atoms with E-state index in [4.69, 9.17) is 16.3 Å². The molecule has 0 spiro atoms. The van der Waals surface area contributed by atoms with E-state index in [9.17, 15) is 13.2 Å². The summed E-state index contributed by atoms with van der Waals surface area (Å²) in [7, 11) is -3.80. The van der Waals surface area contributed by atoms with E-state index in [0.29, 0.717) is 43.3 Å². The van der Waals surface area contributed by atoms with Crippen LogP contribution in [0.25, 0.3) is 0 Å². The fourth-order valence-electron chi connectivity index (χ4n) is 2.67. The van der Waals surface area contributed by atoms with Crippen LogP contribution >= 0.6 is 11.6 Å². The summed E-state index contributed by atoms with van der Waals surface area (Å²) in [4.78, 5) is 19.4. The highest BCUT2D eigenvalue weighted by Gasteiger charge is 2.33. The van der Waals surface area contributed by atoms with Gasteiger partial charge in [-0.1, -0.05) is 18.5 Å². The molecule has 0 amide bonds. The van der Waals surface area contributed by atoms with Crippen molar-refractivity contribution in [1.29, 1.82) is 0 Å². The molecule has 0 N–H and O–H groups in total. The van der Waals surface area contributed by atoms with Crippen molar-refractivity contribution in [2.75, 3.05) is 13.1 Å². The zero-order valence-electron chi connectivity index (χ0n) is 14.8. The number of hydrogen-bond donors (Lipinski definition) is 0. The molecule has 9 nitrogen and oxygen atoms in total. The Hall–Kier alpha value is -2.04. The summed E-state index contributed by atoms with van der Waals surface area (Å²) >= 11 is 5.80. The largest absolute Gasteiger partial charge is 0.474 e. The minimum Gasteiger partial charge on any atom is -0.474 e. The number of carbonyl (C=O) groups is 1. The summed E-state index contributed by atoms with van der Waals surface area (Å²) in [5.41, 5.74) is 0. The van der Waals surface area contributed by atoms with Crippen molar-refractivity contribution >= 4 is 27.4 Å². The standard InChI is InChI=1S/C16H20ClN5O4S/c1-2-13(23)10-21-11-19-16(20-21)27(24,25)22-7-5-14(6-8-22)26-15-4-3-12(17)9-18-15/h3-4,9,11,14H,2,5-8,10H2,1H3. The number of rotatable bonds is 7. The number of pyridine rings is 1. The topological polar surface area (TPSA) is 107 Å². The number of ketones is 1. The highest BCUT2D eigenvalue weighted by Crippen LogP contribution is 2.22. The molecule has 3 heterocycles. The van der Waals surface area contributed by atoms with Crippen LogP contribution in [0.4, 0.5) is 0 Å². The van der Waals surface area contributed by atoms with Crippen LogP contribution in [-0.4, -0.2) is 57.4 Å². The van der Waals surface area contributed by atoms with Crippen molar-refractivity contribution in [2.24, 2.45) is 0 Å². The van der Waals surface area contributed by atoms with Crippen molar-refractivity contribution in [2.45, 2.75) is 44.0 Å². The van der Waals surface area contributed by atoms with Gasteiger partial charge in [-0.25, -0.2) is 23.1 Å². The quantitative estimate of drug-likeness (QED) is 0.677. The van der Waals surface area contributed by atoms with E-state index in [-0.39, 0.29) is 23.6 Å². The van der Waals surface area contributed by atoms with Crippen molar-refractivity contribution in [3.05, 3.63) is 29.7 Å². The number of halogens is 1. The van der Waals surface area contributed by atoms with Gasteiger partial charge in [-0.05, 0) is 18.9 Å². The van der Waals surface area contributed by atoms with Gasteiger partial charge in [-0.15, -0.1) is 5.10 Å². The van der Waals surface area contributed by atoms with Crippen molar-refractivity contribution in [1.82, 2.24) is 24.1 Å². The van der Waals surface area contributed by atoms with Gasteiger partial charge < -0.3 is 4.74 Å². The smallest absolute Gasteiger partial charge is 0.282 e. The number of ether oxygens (including phenoxy) is 1. The fraction of sp³-hybridized carbons (Fsp3) is 0.500. The first-order valence-electron chi connectivity index (χ1n) is 8.58. The van der Waals surface area contributed by atoms with Gasteiger partial charge in [0.25, 0.3) is 15.2 Å². The molecule has 0 bridgehead atoms. The molecule has 0 aromatic carbocycles. The van der Waals surface area contributed by atoms with Gasteiger partial charge in [-0.2, -0.15) is 4.31 Å². The predicted octanol–water partition coefficient (Wildman–Crippen LogP) is 1.54. The molecule has 1 saturated heterocycles. The van der Waals surface area contributed by atoms with Gasteiger partial charge in [0.05, 0.1) is 5.02 Å². The lowest BCUT2D eigenvalue weighted by Gasteiger charge is -2.30. The predicted molar refractivity (Wildman–Crippen MR) is 97.0 cm³/mol. The molecule has 146 valence electrons. The Morgan fingerprint density at radius 2 is 2.04 bits per heavy atom. The molecule has 3 rings (SSSR count). The molecule has 0 atom stereocenters. The lowest BCUT2D eigenvalue weighted by molar-refractivity contribution is -0.119. The molecule has 2 aromatic heterocycles. The van der Waals surface area contributed by atoms with E-state index in [0.717, 1.165) is 0 Å². The maximum atomic E-state index is 12.7. The van der Waals surface area contributed by atoms with Crippen LogP contribution in [0.15, 0.2) is 29.8 Å². The monoisotopic (exact) mass is 413 g/mol. The third kappa shape index (κ3) is 4.82. The second-order valence-corrected chi connectivity index (χ2v) is 8.42. The SMILES string of the molecule is CCC(=O)Cn1cnc(S(=O)(=O)N2CCC(Oc3ccc(Cl)cn3)CC2)n1. The number of sulfonamides is 1. The Balaban J connectivity index is 1.59. The van der Waals surface area contributed by atoms with Crippen LogP contribution < -0.4 is 4.74 Å². The van der Waals surface area contributed by atoms with Crippen LogP contribution in [-0.2, 0) is 21.4 Å². The molecule has 0 saturated carbocycles. The van der Waals surface area contributed by atoms with Gasteiger partial charge in [0.15, 0.2) is 5.78 Å². The third-order valence-corrected chi connectivity index (χ3v) is 6.12. The van der Waals surface area contributed by atoms with Crippen LogP contribution in [0.3, 0.4) is 0 Å². The van der Waals surface area contributed by atoms with E-state index in [2.05, 4.69) is 15.1 Å². The molecule has 2 aromatic rings. The number of piperidine rings is 1. The lowest BCUT2D eigenvalue weighted by atomic mass is 10.1. The summed E-state index contributed by atoms with van der Waals surface area (Å²) in [6.45, 7) is 2.35. The highest BCUT2D eigenvalue weighted by atomic mass is 35.5. The average Bonchev–Trinajstić information content (AvgIpc) is 3.13. The van der Waals surface area contributed by atoms with Crippen LogP contribution in [0.5, 0.6) is 5.88 Å².